The van der Waals surface area contributed by atoms with Crippen LogP contribution in [-0.2, 0) is 6.61 Å². The zero-order valence-corrected chi connectivity index (χ0v) is 15.4. The molecule has 0 aliphatic rings. The Kier molecular flexibility index (Phi) is 4.99. The number of rotatable bonds is 6. The number of benzene rings is 2. The standard InChI is InChI=1S/C21H20FN5O/c1-13(14-2-5-16(22)6-3-14)11-23-21-9-8-18(24-27-21)15-4-7-19-17(10-15)20(12-28)26-25-19/h2-10,13,28H,11-12H2,1H3,(H,23,27)(H,25,26). The summed E-state index contributed by atoms with van der Waals surface area (Å²) in [4.78, 5) is 0. The molecule has 0 fully saturated rings. The van der Waals surface area contributed by atoms with Crippen molar-refractivity contribution in [3.63, 3.8) is 0 Å². The van der Waals surface area contributed by atoms with Gasteiger partial charge in [0.25, 0.3) is 0 Å². The lowest BCUT2D eigenvalue weighted by Crippen LogP contribution is -2.11. The molecule has 1 atom stereocenters. The van der Waals surface area contributed by atoms with Crippen LogP contribution < -0.4 is 5.32 Å². The highest BCUT2D eigenvalue weighted by molar-refractivity contribution is 5.86. The topological polar surface area (TPSA) is 86.7 Å². The van der Waals surface area contributed by atoms with Gasteiger partial charge in [0, 0.05) is 17.5 Å². The number of nitrogens with one attached hydrogen (secondary N) is 2. The van der Waals surface area contributed by atoms with E-state index in [0.29, 0.717) is 18.1 Å². The van der Waals surface area contributed by atoms with Crippen LogP contribution in [0.5, 0.6) is 0 Å². The van der Waals surface area contributed by atoms with Gasteiger partial charge in [0.1, 0.15) is 11.6 Å². The van der Waals surface area contributed by atoms with Crippen molar-refractivity contribution in [1.82, 2.24) is 20.4 Å². The zero-order valence-electron chi connectivity index (χ0n) is 15.4. The lowest BCUT2D eigenvalue weighted by Gasteiger charge is -2.13. The third-order valence-corrected chi connectivity index (χ3v) is 4.78. The third-order valence-electron chi connectivity index (χ3n) is 4.78. The van der Waals surface area contributed by atoms with Crippen molar-refractivity contribution in [2.45, 2.75) is 19.4 Å². The van der Waals surface area contributed by atoms with Gasteiger partial charge in [-0.1, -0.05) is 25.1 Å². The summed E-state index contributed by atoms with van der Waals surface area (Å²) in [6, 6.07) is 16.1. The van der Waals surface area contributed by atoms with Crippen molar-refractivity contribution in [2.75, 3.05) is 11.9 Å². The first-order valence-electron chi connectivity index (χ1n) is 9.05. The van der Waals surface area contributed by atoms with E-state index in [1.165, 1.54) is 12.1 Å². The van der Waals surface area contributed by atoms with Gasteiger partial charge in [-0.3, -0.25) is 5.10 Å². The van der Waals surface area contributed by atoms with Crippen molar-refractivity contribution in [2.24, 2.45) is 0 Å². The summed E-state index contributed by atoms with van der Waals surface area (Å²) in [5, 5.41) is 29.1. The van der Waals surface area contributed by atoms with E-state index in [9.17, 15) is 9.50 Å². The van der Waals surface area contributed by atoms with E-state index in [0.717, 1.165) is 27.7 Å². The Balaban J connectivity index is 1.45. The number of hydrogen-bond donors (Lipinski definition) is 3. The van der Waals surface area contributed by atoms with Crippen LogP contribution in [0.3, 0.4) is 0 Å². The molecule has 142 valence electrons. The Labute approximate surface area is 161 Å². The highest BCUT2D eigenvalue weighted by atomic mass is 19.1. The number of aromatic amines is 1. The van der Waals surface area contributed by atoms with E-state index in [1.54, 1.807) is 12.1 Å². The summed E-state index contributed by atoms with van der Waals surface area (Å²) >= 11 is 0. The molecule has 1 unspecified atom stereocenters. The summed E-state index contributed by atoms with van der Waals surface area (Å²) in [6.07, 6.45) is 0. The number of nitrogens with zero attached hydrogens (tertiary/aromatic N) is 3. The molecule has 0 aliphatic carbocycles. The van der Waals surface area contributed by atoms with E-state index in [-0.39, 0.29) is 18.3 Å². The summed E-state index contributed by atoms with van der Waals surface area (Å²) in [5.41, 5.74) is 4.18. The SMILES string of the molecule is CC(CNc1ccc(-c2ccc3n[nH]c(CO)c3c2)nn1)c1ccc(F)cc1. The van der Waals surface area contributed by atoms with Crippen LogP contribution >= 0.6 is 0 Å². The minimum Gasteiger partial charge on any atom is -0.390 e. The highest BCUT2D eigenvalue weighted by Crippen LogP contribution is 2.24. The molecule has 0 aliphatic heterocycles. The molecule has 28 heavy (non-hydrogen) atoms. The lowest BCUT2D eigenvalue weighted by atomic mass is 10.0. The van der Waals surface area contributed by atoms with E-state index < -0.39 is 0 Å². The zero-order chi connectivity index (χ0) is 19.5. The van der Waals surface area contributed by atoms with Crippen molar-refractivity contribution in [3.05, 3.63) is 71.7 Å². The molecule has 4 rings (SSSR count). The number of aliphatic hydroxyl groups excluding tert-OH is 1. The van der Waals surface area contributed by atoms with E-state index >= 15 is 0 Å². The first kappa shape index (κ1) is 18.1. The Morgan fingerprint density at radius 3 is 2.61 bits per heavy atom. The van der Waals surface area contributed by atoms with Gasteiger partial charge in [-0.15, -0.1) is 10.2 Å². The number of aromatic nitrogens is 4. The van der Waals surface area contributed by atoms with Crippen LogP contribution in [0.4, 0.5) is 10.2 Å². The van der Waals surface area contributed by atoms with E-state index in [4.69, 9.17) is 0 Å². The van der Waals surface area contributed by atoms with Crippen molar-refractivity contribution >= 4 is 16.7 Å². The van der Waals surface area contributed by atoms with E-state index in [1.807, 2.05) is 30.3 Å². The monoisotopic (exact) mass is 377 g/mol. The molecule has 7 heteroatoms. The Morgan fingerprint density at radius 2 is 1.89 bits per heavy atom. The van der Waals surface area contributed by atoms with Crippen LogP contribution in [0, 0.1) is 5.82 Å². The molecule has 0 saturated carbocycles. The minimum atomic E-state index is -0.231. The van der Waals surface area contributed by atoms with Gasteiger partial charge < -0.3 is 10.4 Å². The Bertz CT molecular complexity index is 1080. The van der Waals surface area contributed by atoms with Crippen LogP contribution in [0.1, 0.15) is 24.1 Å². The van der Waals surface area contributed by atoms with Crippen LogP contribution in [0.25, 0.3) is 22.2 Å². The average molecular weight is 377 g/mol. The Morgan fingerprint density at radius 1 is 1.07 bits per heavy atom. The molecule has 2 aromatic heterocycles. The number of hydrogen-bond acceptors (Lipinski definition) is 5. The number of H-pyrrole nitrogens is 1. The van der Waals surface area contributed by atoms with Crippen LogP contribution in [0.2, 0.25) is 0 Å². The second-order valence-corrected chi connectivity index (χ2v) is 6.73. The molecule has 6 nitrogen and oxygen atoms in total. The molecule has 2 heterocycles. The van der Waals surface area contributed by atoms with Gasteiger partial charge >= 0.3 is 0 Å². The molecule has 2 aromatic carbocycles. The normalized spacial score (nSPS) is 12.2. The summed E-state index contributed by atoms with van der Waals surface area (Å²) in [7, 11) is 0. The van der Waals surface area contributed by atoms with Gasteiger partial charge in [-0.05, 0) is 47.9 Å². The first-order chi connectivity index (χ1) is 13.6. The van der Waals surface area contributed by atoms with Gasteiger partial charge in [-0.25, -0.2) is 4.39 Å². The van der Waals surface area contributed by atoms with Crippen molar-refractivity contribution in [3.8, 4) is 11.3 Å². The quantitative estimate of drug-likeness (QED) is 0.475. The summed E-state index contributed by atoms with van der Waals surface area (Å²) in [6.45, 7) is 2.64. The third kappa shape index (κ3) is 3.70. The predicted molar refractivity (Wildman–Crippen MR) is 106 cm³/mol. The molecule has 0 amide bonds. The maximum Gasteiger partial charge on any atom is 0.148 e. The largest absolute Gasteiger partial charge is 0.390 e. The van der Waals surface area contributed by atoms with E-state index in [2.05, 4.69) is 32.6 Å². The number of aliphatic hydroxyl groups is 1. The van der Waals surface area contributed by atoms with Crippen LogP contribution in [-0.4, -0.2) is 32.0 Å². The molecular weight excluding hydrogens is 357 g/mol. The first-order valence-corrected chi connectivity index (χ1v) is 9.05. The summed E-state index contributed by atoms with van der Waals surface area (Å²) < 4.78 is 13.0. The molecule has 3 N–H and O–H groups in total. The molecular formula is C21H20FN5O. The van der Waals surface area contributed by atoms with Gasteiger partial charge in [0.05, 0.1) is 23.5 Å². The Hall–Kier alpha value is -3.32. The molecule has 0 saturated heterocycles. The van der Waals surface area contributed by atoms with Gasteiger partial charge in [-0.2, -0.15) is 5.10 Å². The maximum atomic E-state index is 13.0. The van der Waals surface area contributed by atoms with Gasteiger partial charge in [0.15, 0.2) is 0 Å². The minimum absolute atomic E-state index is 0.0965. The number of fused-ring (bicyclic) bond motifs is 1. The van der Waals surface area contributed by atoms with Crippen molar-refractivity contribution < 1.29 is 9.50 Å². The average Bonchev–Trinajstić information content (AvgIpc) is 3.15. The second kappa shape index (κ2) is 7.74. The summed E-state index contributed by atoms with van der Waals surface area (Å²) in [5.74, 6) is 0.658. The highest BCUT2D eigenvalue weighted by Gasteiger charge is 2.09. The fraction of sp³-hybridized carbons (Fsp3) is 0.190. The molecule has 4 aromatic rings. The number of halogens is 1. The second-order valence-electron chi connectivity index (χ2n) is 6.73. The van der Waals surface area contributed by atoms with Gasteiger partial charge in [0.2, 0.25) is 0 Å². The smallest absolute Gasteiger partial charge is 0.148 e. The number of anilines is 1. The fourth-order valence-corrected chi connectivity index (χ4v) is 3.09. The molecule has 0 spiro atoms. The van der Waals surface area contributed by atoms with Crippen molar-refractivity contribution in [1.29, 1.82) is 0 Å². The lowest BCUT2D eigenvalue weighted by molar-refractivity contribution is 0.278. The maximum absolute atomic E-state index is 13.0. The molecule has 0 bridgehead atoms. The molecule has 0 radical (unpaired) electrons. The predicted octanol–water partition coefficient (Wildman–Crippen LogP) is 3.87. The fourth-order valence-electron chi connectivity index (χ4n) is 3.09. The van der Waals surface area contributed by atoms with Crippen LogP contribution in [0.15, 0.2) is 54.6 Å².